The zero-order valence-corrected chi connectivity index (χ0v) is 9.96. The van der Waals surface area contributed by atoms with E-state index in [4.69, 9.17) is 5.11 Å². The summed E-state index contributed by atoms with van der Waals surface area (Å²) in [5.74, 6) is -0.00854. The number of halogens is 1. The van der Waals surface area contributed by atoms with Gasteiger partial charge in [0.05, 0.1) is 6.42 Å². The highest BCUT2D eigenvalue weighted by atomic mass is 79.9. The fraction of sp³-hybridized carbons (Fsp3) is 0.364. The first-order valence-electron chi connectivity index (χ1n) is 4.84. The molecule has 1 aromatic rings. The molecule has 0 aliphatic heterocycles. The maximum absolute atomic E-state index is 11.4. The van der Waals surface area contributed by atoms with Crippen molar-refractivity contribution in [2.24, 2.45) is 0 Å². The highest BCUT2D eigenvalue weighted by Crippen LogP contribution is 2.10. The Morgan fingerprint density at radius 1 is 1.33 bits per heavy atom. The van der Waals surface area contributed by atoms with Crippen LogP contribution < -0.4 is 5.32 Å². The zero-order chi connectivity index (χ0) is 11.1. The third-order valence-corrected chi connectivity index (χ3v) is 2.46. The molecule has 0 unspecified atom stereocenters. The second-order valence-electron chi connectivity index (χ2n) is 3.23. The molecule has 0 heterocycles. The van der Waals surface area contributed by atoms with E-state index in [1.54, 1.807) is 0 Å². The van der Waals surface area contributed by atoms with Crippen molar-refractivity contribution < 1.29 is 9.90 Å². The molecule has 0 radical (unpaired) electrons. The third-order valence-electron chi connectivity index (χ3n) is 1.93. The fourth-order valence-corrected chi connectivity index (χ4v) is 1.42. The standard InChI is InChI=1S/C11H14BrNO2/c12-10-4-2-9(3-5-10)8-11(15)13-6-1-7-14/h2-5,14H,1,6-8H2,(H,13,15). The van der Waals surface area contributed by atoms with Gasteiger partial charge in [0.15, 0.2) is 0 Å². The lowest BCUT2D eigenvalue weighted by Gasteiger charge is -2.04. The van der Waals surface area contributed by atoms with Gasteiger partial charge in [-0.15, -0.1) is 0 Å². The lowest BCUT2D eigenvalue weighted by atomic mass is 10.1. The number of benzene rings is 1. The van der Waals surface area contributed by atoms with Gasteiger partial charge in [0.2, 0.25) is 5.91 Å². The van der Waals surface area contributed by atoms with Crippen LogP contribution in [0.15, 0.2) is 28.7 Å². The summed E-state index contributed by atoms with van der Waals surface area (Å²) in [7, 11) is 0. The molecule has 0 saturated carbocycles. The van der Waals surface area contributed by atoms with Crippen molar-refractivity contribution >= 4 is 21.8 Å². The van der Waals surface area contributed by atoms with E-state index in [0.717, 1.165) is 10.0 Å². The second-order valence-corrected chi connectivity index (χ2v) is 4.15. The fourth-order valence-electron chi connectivity index (χ4n) is 1.16. The molecule has 1 rings (SSSR count). The van der Waals surface area contributed by atoms with Crippen LogP contribution in [0.2, 0.25) is 0 Å². The number of rotatable bonds is 5. The van der Waals surface area contributed by atoms with Crippen LogP contribution >= 0.6 is 15.9 Å². The van der Waals surface area contributed by atoms with E-state index in [0.29, 0.717) is 19.4 Å². The molecule has 0 atom stereocenters. The SMILES string of the molecule is O=C(Cc1ccc(Br)cc1)NCCCO. The van der Waals surface area contributed by atoms with Gasteiger partial charge in [-0.3, -0.25) is 4.79 Å². The van der Waals surface area contributed by atoms with Gasteiger partial charge in [-0.05, 0) is 24.1 Å². The smallest absolute Gasteiger partial charge is 0.224 e. The molecule has 82 valence electrons. The van der Waals surface area contributed by atoms with Gasteiger partial charge >= 0.3 is 0 Å². The highest BCUT2D eigenvalue weighted by molar-refractivity contribution is 9.10. The van der Waals surface area contributed by atoms with Crippen molar-refractivity contribution in [3.05, 3.63) is 34.3 Å². The van der Waals surface area contributed by atoms with Crippen molar-refractivity contribution in [2.75, 3.05) is 13.2 Å². The molecular formula is C11H14BrNO2. The predicted octanol–water partition coefficient (Wildman–Crippen LogP) is 1.49. The number of aliphatic hydroxyl groups is 1. The van der Waals surface area contributed by atoms with Gasteiger partial charge in [0.25, 0.3) is 0 Å². The van der Waals surface area contributed by atoms with Crippen molar-refractivity contribution in [3.8, 4) is 0 Å². The minimum absolute atomic E-state index is 0.00854. The molecule has 15 heavy (non-hydrogen) atoms. The first-order valence-corrected chi connectivity index (χ1v) is 5.63. The van der Waals surface area contributed by atoms with Crippen LogP contribution in [0.1, 0.15) is 12.0 Å². The quantitative estimate of drug-likeness (QED) is 0.798. The number of hydrogen-bond acceptors (Lipinski definition) is 2. The molecule has 0 aliphatic rings. The molecule has 0 saturated heterocycles. The molecule has 0 aliphatic carbocycles. The van der Waals surface area contributed by atoms with Crippen LogP contribution in [-0.4, -0.2) is 24.2 Å². The topological polar surface area (TPSA) is 49.3 Å². The zero-order valence-electron chi connectivity index (χ0n) is 8.37. The number of aliphatic hydroxyl groups excluding tert-OH is 1. The minimum Gasteiger partial charge on any atom is -0.396 e. The average Bonchev–Trinajstić information content (AvgIpc) is 2.22. The summed E-state index contributed by atoms with van der Waals surface area (Å²) in [6.45, 7) is 0.643. The summed E-state index contributed by atoms with van der Waals surface area (Å²) in [6.07, 6.45) is 0.991. The molecule has 1 amide bonds. The number of carbonyl (C=O) groups excluding carboxylic acids is 1. The van der Waals surface area contributed by atoms with Crippen molar-refractivity contribution in [1.29, 1.82) is 0 Å². The largest absolute Gasteiger partial charge is 0.396 e. The first-order chi connectivity index (χ1) is 7.22. The summed E-state index contributed by atoms with van der Waals surface area (Å²) in [6, 6.07) is 7.65. The Labute approximate surface area is 97.6 Å². The molecule has 0 bridgehead atoms. The van der Waals surface area contributed by atoms with E-state index < -0.39 is 0 Å². The number of amides is 1. The van der Waals surface area contributed by atoms with Crippen LogP contribution in [-0.2, 0) is 11.2 Å². The van der Waals surface area contributed by atoms with Gasteiger partial charge in [-0.2, -0.15) is 0 Å². The monoisotopic (exact) mass is 271 g/mol. The van der Waals surface area contributed by atoms with Gasteiger partial charge in [0, 0.05) is 17.6 Å². The van der Waals surface area contributed by atoms with E-state index >= 15 is 0 Å². The van der Waals surface area contributed by atoms with Crippen molar-refractivity contribution in [1.82, 2.24) is 5.32 Å². The van der Waals surface area contributed by atoms with Crippen LogP contribution in [0.4, 0.5) is 0 Å². The summed E-state index contributed by atoms with van der Waals surface area (Å²) in [4.78, 5) is 11.4. The maximum atomic E-state index is 11.4. The Morgan fingerprint density at radius 3 is 2.60 bits per heavy atom. The van der Waals surface area contributed by atoms with E-state index in [1.807, 2.05) is 24.3 Å². The van der Waals surface area contributed by atoms with E-state index in [-0.39, 0.29) is 12.5 Å². The Morgan fingerprint density at radius 2 is 2.00 bits per heavy atom. The Bertz CT molecular complexity index is 311. The molecule has 0 fully saturated rings. The van der Waals surface area contributed by atoms with Crippen molar-refractivity contribution in [3.63, 3.8) is 0 Å². The number of hydrogen-bond donors (Lipinski definition) is 2. The van der Waals surface area contributed by atoms with Gasteiger partial charge < -0.3 is 10.4 Å². The Balaban J connectivity index is 2.34. The Hall–Kier alpha value is -0.870. The first kappa shape index (κ1) is 12.2. The summed E-state index contributed by atoms with van der Waals surface area (Å²) < 4.78 is 1.01. The number of carbonyl (C=O) groups is 1. The predicted molar refractivity (Wildman–Crippen MR) is 62.6 cm³/mol. The summed E-state index contributed by atoms with van der Waals surface area (Å²) >= 11 is 3.33. The molecule has 2 N–H and O–H groups in total. The van der Waals surface area contributed by atoms with E-state index in [1.165, 1.54) is 0 Å². The Kier molecular flexibility index (Phi) is 5.36. The van der Waals surface area contributed by atoms with Crippen LogP contribution in [0.3, 0.4) is 0 Å². The minimum atomic E-state index is -0.00854. The normalized spacial score (nSPS) is 10.0. The van der Waals surface area contributed by atoms with Gasteiger partial charge in [-0.1, -0.05) is 28.1 Å². The molecule has 4 heteroatoms. The number of nitrogens with one attached hydrogen (secondary N) is 1. The van der Waals surface area contributed by atoms with Crippen LogP contribution in [0.25, 0.3) is 0 Å². The molecular weight excluding hydrogens is 258 g/mol. The van der Waals surface area contributed by atoms with Gasteiger partial charge in [0.1, 0.15) is 0 Å². The van der Waals surface area contributed by atoms with E-state index in [2.05, 4.69) is 21.2 Å². The van der Waals surface area contributed by atoms with Gasteiger partial charge in [-0.25, -0.2) is 0 Å². The highest BCUT2D eigenvalue weighted by Gasteiger charge is 2.01. The molecule has 0 aromatic heterocycles. The molecule has 0 spiro atoms. The lowest BCUT2D eigenvalue weighted by molar-refractivity contribution is -0.120. The summed E-state index contributed by atoms with van der Waals surface area (Å²) in [5.41, 5.74) is 0.986. The summed E-state index contributed by atoms with van der Waals surface area (Å²) in [5, 5.41) is 11.3. The average molecular weight is 272 g/mol. The molecule has 3 nitrogen and oxygen atoms in total. The molecule has 1 aromatic carbocycles. The third kappa shape index (κ3) is 4.95. The maximum Gasteiger partial charge on any atom is 0.224 e. The lowest BCUT2D eigenvalue weighted by Crippen LogP contribution is -2.26. The second kappa shape index (κ2) is 6.58. The van der Waals surface area contributed by atoms with E-state index in [9.17, 15) is 4.79 Å². The van der Waals surface area contributed by atoms with Crippen LogP contribution in [0.5, 0.6) is 0 Å². The van der Waals surface area contributed by atoms with Crippen LogP contribution in [0, 0.1) is 0 Å². The van der Waals surface area contributed by atoms with Crippen molar-refractivity contribution in [2.45, 2.75) is 12.8 Å².